The van der Waals surface area contributed by atoms with E-state index in [1.165, 1.54) is 17.0 Å². The first-order valence-corrected chi connectivity index (χ1v) is 5.70. The number of hydrogen-bond acceptors (Lipinski definition) is 5. The van der Waals surface area contributed by atoms with Crippen molar-refractivity contribution in [2.24, 2.45) is 0 Å². The van der Waals surface area contributed by atoms with Crippen LogP contribution in [0, 0.1) is 10.1 Å². The Labute approximate surface area is 100 Å². The summed E-state index contributed by atoms with van der Waals surface area (Å²) in [5.41, 5.74) is 0. The Morgan fingerprint density at radius 3 is 2.88 bits per heavy atom. The maximum atomic E-state index is 11.9. The second-order valence-electron chi connectivity index (χ2n) is 3.47. The van der Waals surface area contributed by atoms with Gasteiger partial charge in [-0.05, 0) is 6.07 Å². The summed E-state index contributed by atoms with van der Waals surface area (Å²) < 4.78 is 0. The predicted molar refractivity (Wildman–Crippen MR) is 59.9 cm³/mol. The smallest absolute Gasteiger partial charge is 0.324 e. The topological polar surface area (TPSA) is 92.5 Å². The number of rotatable bonds is 2. The van der Waals surface area contributed by atoms with Gasteiger partial charge in [-0.15, -0.1) is 0 Å². The normalized spacial score (nSPS) is 15.5. The Morgan fingerprint density at radius 2 is 2.29 bits per heavy atom. The first-order chi connectivity index (χ1) is 8.08. The Kier molecular flexibility index (Phi) is 3.05. The van der Waals surface area contributed by atoms with Crippen LogP contribution in [0.15, 0.2) is 12.1 Å². The Balaban J connectivity index is 2.13. The fraction of sp³-hybridized carbons (Fsp3) is 0.333. The quantitative estimate of drug-likeness (QED) is 0.604. The first-order valence-electron chi connectivity index (χ1n) is 4.88. The lowest BCUT2D eigenvalue weighted by Crippen LogP contribution is -2.49. The maximum Gasteiger partial charge on any atom is 0.324 e. The SMILES string of the molecule is O=C1CN(C(=O)c2ccc([N+](=O)[O-])s2)CCN1. The third-order valence-corrected chi connectivity index (χ3v) is 3.33. The van der Waals surface area contributed by atoms with Gasteiger partial charge in [-0.25, -0.2) is 0 Å². The summed E-state index contributed by atoms with van der Waals surface area (Å²) in [6.07, 6.45) is 0. The van der Waals surface area contributed by atoms with Crippen molar-refractivity contribution in [3.8, 4) is 0 Å². The number of hydrogen-bond donors (Lipinski definition) is 1. The highest BCUT2D eigenvalue weighted by Gasteiger charge is 2.24. The van der Waals surface area contributed by atoms with Crippen molar-refractivity contribution >= 4 is 28.2 Å². The summed E-state index contributed by atoms with van der Waals surface area (Å²) in [6.45, 7) is 0.846. The predicted octanol–water partition coefficient (Wildman–Crippen LogP) is 0.228. The van der Waals surface area contributed by atoms with E-state index in [-0.39, 0.29) is 28.2 Å². The van der Waals surface area contributed by atoms with Gasteiger partial charge in [0.15, 0.2) is 0 Å². The molecule has 0 aromatic carbocycles. The molecule has 1 aliphatic rings. The van der Waals surface area contributed by atoms with Gasteiger partial charge in [-0.2, -0.15) is 0 Å². The average Bonchev–Trinajstić information content (AvgIpc) is 2.77. The Bertz CT molecular complexity index is 484. The van der Waals surface area contributed by atoms with Crippen molar-refractivity contribution in [2.45, 2.75) is 0 Å². The van der Waals surface area contributed by atoms with Crippen LogP contribution in [0.5, 0.6) is 0 Å². The van der Waals surface area contributed by atoms with E-state index in [0.717, 1.165) is 11.3 Å². The van der Waals surface area contributed by atoms with Gasteiger partial charge in [0.25, 0.3) is 5.91 Å². The molecule has 90 valence electrons. The van der Waals surface area contributed by atoms with E-state index in [1.807, 2.05) is 0 Å². The van der Waals surface area contributed by atoms with Crippen LogP contribution in [0.1, 0.15) is 9.67 Å². The molecule has 0 aliphatic carbocycles. The highest BCUT2D eigenvalue weighted by molar-refractivity contribution is 7.17. The van der Waals surface area contributed by atoms with Crippen LogP contribution >= 0.6 is 11.3 Å². The molecular formula is C9H9N3O4S. The van der Waals surface area contributed by atoms with Crippen molar-refractivity contribution in [2.75, 3.05) is 19.6 Å². The van der Waals surface area contributed by atoms with Crippen LogP contribution in [-0.4, -0.2) is 41.3 Å². The molecule has 7 nitrogen and oxygen atoms in total. The molecule has 1 aliphatic heterocycles. The van der Waals surface area contributed by atoms with E-state index in [4.69, 9.17) is 0 Å². The van der Waals surface area contributed by atoms with Crippen LogP contribution in [0.25, 0.3) is 0 Å². The van der Waals surface area contributed by atoms with Crippen LogP contribution in [0.4, 0.5) is 5.00 Å². The molecule has 1 saturated heterocycles. The molecule has 0 saturated carbocycles. The van der Waals surface area contributed by atoms with Crippen molar-refractivity contribution in [1.29, 1.82) is 0 Å². The molecule has 1 aromatic heterocycles. The number of carbonyl (C=O) groups excluding carboxylic acids is 2. The molecule has 0 spiro atoms. The molecule has 1 aromatic rings. The number of piperazine rings is 1. The van der Waals surface area contributed by atoms with Crippen LogP contribution in [0.2, 0.25) is 0 Å². The van der Waals surface area contributed by atoms with Crippen LogP contribution < -0.4 is 5.32 Å². The van der Waals surface area contributed by atoms with Gasteiger partial charge in [-0.3, -0.25) is 19.7 Å². The minimum absolute atomic E-state index is 0.00449. The fourth-order valence-corrected chi connectivity index (χ4v) is 2.30. The monoisotopic (exact) mass is 255 g/mol. The zero-order valence-electron chi connectivity index (χ0n) is 8.71. The Morgan fingerprint density at radius 1 is 1.53 bits per heavy atom. The van der Waals surface area contributed by atoms with Crippen LogP contribution in [0.3, 0.4) is 0 Å². The lowest BCUT2D eigenvalue weighted by molar-refractivity contribution is -0.380. The fourth-order valence-electron chi connectivity index (χ4n) is 1.51. The molecule has 0 atom stereocenters. The van der Waals surface area contributed by atoms with E-state index in [1.54, 1.807) is 0 Å². The maximum absolute atomic E-state index is 11.9. The molecule has 1 N–H and O–H groups in total. The van der Waals surface area contributed by atoms with Crippen molar-refractivity contribution in [3.63, 3.8) is 0 Å². The highest BCUT2D eigenvalue weighted by Crippen LogP contribution is 2.25. The zero-order chi connectivity index (χ0) is 12.4. The van der Waals surface area contributed by atoms with Gasteiger partial charge >= 0.3 is 5.00 Å². The molecule has 0 unspecified atom stereocenters. The molecule has 17 heavy (non-hydrogen) atoms. The molecular weight excluding hydrogens is 246 g/mol. The molecule has 0 bridgehead atoms. The summed E-state index contributed by atoms with van der Waals surface area (Å²) in [6, 6.07) is 2.71. The van der Waals surface area contributed by atoms with Gasteiger partial charge in [0.2, 0.25) is 5.91 Å². The summed E-state index contributed by atoms with van der Waals surface area (Å²) >= 11 is 0.822. The van der Waals surface area contributed by atoms with Gasteiger partial charge in [-0.1, -0.05) is 11.3 Å². The summed E-state index contributed by atoms with van der Waals surface area (Å²) in [5.74, 6) is -0.548. The minimum atomic E-state index is -0.537. The summed E-state index contributed by atoms with van der Waals surface area (Å²) in [5, 5.41) is 13.0. The number of nitro groups is 1. The van der Waals surface area contributed by atoms with Gasteiger partial charge < -0.3 is 10.2 Å². The minimum Gasteiger partial charge on any atom is -0.353 e. The van der Waals surface area contributed by atoms with Crippen LogP contribution in [-0.2, 0) is 4.79 Å². The van der Waals surface area contributed by atoms with E-state index < -0.39 is 4.92 Å². The largest absolute Gasteiger partial charge is 0.353 e. The molecule has 2 heterocycles. The van der Waals surface area contributed by atoms with E-state index in [9.17, 15) is 19.7 Å². The number of nitrogens with zero attached hydrogens (tertiary/aromatic N) is 2. The zero-order valence-corrected chi connectivity index (χ0v) is 9.53. The highest BCUT2D eigenvalue weighted by atomic mass is 32.1. The van der Waals surface area contributed by atoms with Gasteiger partial charge in [0, 0.05) is 19.2 Å². The van der Waals surface area contributed by atoms with Crippen molar-refractivity contribution in [1.82, 2.24) is 10.2 Å². The lowest BCUT2D eigenvalue weighted by Gasteiger charge is -2.25. The third kappa shape index (κ3) is 2.41. The molecule has 1 fully saturated rings. The second kappa shape index (κ2) is 4.50. The summed E-state index contributed by atoms with van der Waals surface area (Å²) in [7, 11) is 0. The Hall–Kier alpha value is -1.96. The molecule has 2 amide bonds. The summed E-state index contributed by atoms with van der Waals surface area (Å²) in [4.78, 5) is 34.6. The van der Waals surface area contributed by atoms with E-state index >= 15 is 0 Å². The molecule has 2 rings (SSSR count). The molecule has 8 heteroatoms. The van der Waals surface area contributed by atoms with Gasteiger partial charge in [0.05, 0.1) is 16.3 Å². The average molecular weight is 255 g/mol. The standard InChI is InChI=1S/C9H9N3O4S/c13-7-5-11(4-3-10-7)9(14)6-1-2-8(17-6)12(15)16/h1-2H,3-5H2,(H,10,13). The van der Waals surface area contributed by atoms with Gasteiger partial charge in [0.1, 0.15) is 0 Å². The molecule has 0 radical (unpaired) electrons. The first kappa shape index (κ1) is 11.5. The number of carbonyl (C=O) groups is 2. The lowest BCUT2D eigenvalue weighted by atomic mass is 10.3. The van der Waals surface area contributed by atoms with Crippen molar-refractivity contribution < 1.29 is 14.5 Å². The van der Waals surface area contributed by atoms with E-state index in [0.29, 0.717) is 13.1 Å². The third-order valence-electron chi connectivity index (χ3n) is 2.31. The number of thiophene rings is 1. The second-order valence-corrected chi connectivity index (χ2v) is 4.53. The number of nitrogens with one attached hydrogen (secondary N) is 1. The van der Waals surface area contributed by atoms with Crippen molar-refractivity contribution in [3.05, 3.63) is 27.1 Å². The number of amides is 2. The van der Waals surface area contributed by atoms with E-state index in [2.05, 4.69) is 5.32 Å².